The maximum absolute atomic E-state index is 12.5. The molecule has 1 N–H and O–H groups in total. The lowest BCUT2D eigenvalue weighted by Gasteiger charge is -2.14. The fourth-order valence-corrected chi connectivity index (χ4v) is 2.95. The summed E-state index contributed by atoms with van der Waals surface area (Å²) < 4.78 is 37.6. The van der Waals surface area contributed by atoms with Crippen molar-refractivity contribution in [1.29, 1.82) is 0 Å². The van der Waals surface area contributed by atoms with Crippen molar-refractivity contribution in [3.05, 3.63) is 22.8 Å². The smallest absolute Gasteiger partial charge is 0.366 e. The summed E-state index contributed by atoms with van der Waals surface area (Å²) in [7, 11) is 0. The molecule has 94 valence electrons. The molecule has 0 amide bonds. The van der Waals surface area contributed by atoms with Crippen molar-refractivity contribution in [3.8, 4) is 0 Å². The lowest BCUT2D eigenvalue weighted by molar-refractivity contribution is -0.137. The molecule has 1 saturated heterocycles. The molecule has 1 aliphatic rings. The van der Waals surface area contributed by atoms with Crippen LogP contribution in [-0.2, 0) is 6.18 Å². The first-order valence-corrected chi connectivity index (χ1v) is 6.57. The number of alkyl halides is 3. The van der Waals surface area contributed by atoms with E-state index in [2.05, 4.69) is 10.3 Å². The molecule has 1 aromatic heterocycles. The Hall–Kier alpha value is -0.620. The first kappa shape index (κ1) is 12.8. The zero-order valence-corrected chi connectivity index (χ0v) is 10.3. The van der Waals surface area contributed by atoms with Crippen molar-refractivity contribution in [2.24, 2.45) is 0 Å². The number of anilines is 1. The third-order valence-electron chi connectivity index (χ3n) is 2.40. The quantitative estimate of drug-likeness (QED) is 0.838. The van der Waals surface area contributed by atoms with Gasteiger partial charge in [0.25, 0.3) is 0 Å². The fraction of sp³-hybridized carbons (Fsp3) is 0.500. The number of hydrogen-bond donors (Lipinski definition) is 1. The SMILES string of the molecule is FC(F)(F)c1cc(Cl)nc(NC2CCSC2)c1. The summed E-state index contributed by atoms with van der Waals surface area (Å²) in [5, 5.41) is 2.83. The summed E-state index contributed by atoms with van der Waals surface area (Å²) in [4.78, 5) is 3.86. The molecule has 1 aliphatic heterocycles. The van der Waals surface area contributed by atoms with Crippen molar-refractivity contribution in [3.63, 3.8) is 0 Å². The van der Waals surface area contributed by atoms with E-state index < -0.39 is 11.7 Å². The van der Waals surface area contributed by atoms with Gasteiger partial charge in [0.2, 0.25) is 0 Å². The van der Waals surface area contributed by atoms with E-state index in [1.807, 2.05) is 0 Å². The number of nitrogens with one attached hydrogen (secondary N) is 1. The first-order chi connectivity index (χ1) is 7.95. The molecule has 2 rings (SSSR count). The second-order valence-electron chi connectivity index (χ2n) is 3.77. The van der Waals surface area contributed by atoms with Crippen LogP contribution in [0.4, 0.5) is 19.0 Å². The van der Waals surface area contributed by atoms with Crippen molar-refractivity contribution >= 4 is 29.2 Å². The lowest BCUT2D eigenvalue weighted by atomic mass is 10.2. The van der Waals surface area contributed by atoms with E-state index in [0.717, 1.165) is 30.1 Å². The normalized spacial score (nSPS) is 20.6. The van der Waals surface area contributed by atoms with Crippen LogP contribution in [0.3, 0.4) is 0 Å². The van der Waals surface area contributed by atoms with Gasteiger partial charge >= 0.3 is 6.18 Å². The van der Waals surface area contributed by atoms with Gasteiger partial charge in [-0.05, 0) is 24.3 Å². The van der Waals surface area contributed by atoms with Gasteiger partial charge in [0.15, 0.2) is 0 Å². The third-order valence-corrected chi connectivity index (χ3v) is 3.76. The van der Waals surface area contributed by atoms with Gasteiger partial charge in [-0.2, -0.15) is 24.9 Å². The molecule has 0 spiro atoms. The van der Waals surface area contributed by atoms with Crippen LogP contribution in [0.5, 0.6) is 0 Å². The Kier molecular flexibility index (Phi) is 3.73. The average Bonchev–Trinajstić information content (AvgIpc) is 2.68. The van der Waals surface area contributed by atoms with E-state index in [0.29, 0.717) is 0 Å². The molecule has 7 heteroatoms. The van der Waals surface area contributed by atoms with E-state index in [1.54, 1.807) is 11.8 Å². The van der Waals surface area contributed by atoms with Crippen LogP contribution in [0.1, 0.15) is 12.0 Å². The van der Waals surface area contributed by atoms with Crippen LogP contribution in [-0.4, -0.2) is 22.5 Å². The highest BCUT2D eigenvalue weighted by Gasteiger charge is 2.31. The summed E-state index contributed by atoms with van der Waals surface area (Å²) in [5.74, 6) is 2.09. The zero-order chi connectivity index (χ0) is 12.5. The summed E-state index contributed by atoms with van der Waals surface area (Å²) >= 11 is 7.36. The summed E-state index contributed by atoms with van der Waals surface area (Å²) in [6.45, 7) is 0. The average molecular weight is 283 g/mol. The van der Waals surface area contributed by atoms with Gasteiger partial charge in [-0.25, -0.2) is 4.98 Å². The van der Waals surface area contributed by atoms with E-state index in [-0.39, 0.29) is 17.0 Å². The summed E-state index contributed by atoms with van der Waals surface area (Å²) in [6.07, 6.45) is -3.46. The molecular formula is C10H10ClF3N2S. The molecule has 0 bridgehead atoms. The van der Waals surface area contributed by atoms with Gasteiger partial charge in [-0.3, -0.25) is 0 Å². The summed E-state index contributed by atoms with van der Waals surface area (Å²) in [5.41, 5.74) is -0.773. The molecule has 0 radical (unpaired) electrons. The highest BCUT2D eigenvalue weighted by atomic mass is 35.5. The Morgan fingerprint density at radius 3 is 2.76 bits per heavy atom. The molecule has 1 fully saturated rings. The molecular weight excluding hydrogens is 273 g/mol. The molecule has 0 saturated carbocycles. The van der Waals surface area contributed by atoms with Gasteiger partial charge in [-0.1, -0.05) is 11.6 Å². The van der Waals surface area contributed by atoms with E-state index in [4.69, 9.17) is 11.6 Å². The molecule has 1 aromatic rings. The van der Waals surface area contributed by atoms with Crippen LogP contribution in [0.25, 0.3) is 0 Å². The van der Waals surface area contributed by atoms with Crippen molar-refractivity contribution in [2.75, 3.05) is 16.8 Å². The number of nitrogens with zero attached hydrogens (tertiary/aromatic N) is 1. The highest BCUT2D eigenvalue weighted by molar-refractivity contribution is 7.99. The Morgan fingerprint density at radius 1 is 1.41 bits per heavy atom. The maximum atomic E-state index is 12.5. The number of pyridine rings is 1. The minimum atomic E-state index is -4.40. The number of hydrogen-bond acceptors (Lipinski definition) is 3. The first-order valence-electron chi connectivity index (χ1n) is 5.04. The fourth-order valence-electron chi connectivity index (χ4n) is 1.59. The Labute approximate surface area is 106 Å². The van der Waals surface area contributed by atoms with Gasteiger partial charge in [0.05, 0.1) is 5.56 Å². The molecule has 0 aliphatic carbocycles. The highest BCUT2D eigenvalue weighted by Crippen LogP contribution is 2.32. The third kappa shape index (κ3) is 3.42. The Morgan fingerprint density at radius 2 is 2.18 bits per heavy atom. The van der Waals surface area contributed by atoms with Gasteiger partial charge in [0, 0.05) is 11.8 Å². The van der Waals surface area contributed by atoms with Crippen LogP contribution in [0, 0.1) is 0 Å². The largest absolute Gasteiger partial charge is 0.416 e. The van der Waals surface area contributed by atoms with Gasteiger partial charge in [0.1, 0.15) is 11.0 Å². The summed E-state index contributed by atoms with van der Waals surface area (Å²) in [6, 6.07) is 2.00. The predicted molar refractivity (Wildman–Crippen MR) is 63.6 cm³/mol. The molecule has 0 aromatic carbocycles. The second kappa shape index (κ2) is 4.94. The lowest BCUT2D eigenvalue weighted by Crippen LogP contribution is -2.19. The molecule has 1 atom stereocenters. The second-order valence-corrected chi connectivity index (χ2v) is 5.30. The Bertz CT molecular complexity index is 405. The van der Waals surface area contributed by atoms with E-state index in [1.165, 1.54) is 0 Å². The molecule has 2 nitrogen and oxygen atoms in total. The number of halogens is 4. The van der Waals surface area contributed by atoms with Crippen LogP contribution in [0.2, 0.25) is 5.15 Å². The minimum Gasteiger partial charge on any atom is -0.366 e. The van der Waals surface area contributed by atoms with Crippen molar-refractivity contribution in [1.82, 2.24) is 4.98 Å². The van der Waals surface area contributed by atoms with E-state index >= 15 is 0 Å². The maximum Gasteiger partial charge on any atom is 0.416 e. The minimum absolute atomic E-state index is 0.145. The monoisotopic (exact) mass is 282 g/mol. The standard InChI is InChI=1S/C10H10ClF3N2S/c11-8-3-6(10(12,13)14)4-9(16-8)15-7-1-2-17-5-7/h3-4,7H,1-2,5H2,(H,15,16). The molecule has 1 unspecified atom stereocenters. The molecule has 2 heterocycles. The topological polar surface area (TPSA) is 24.9 Å². The van der Waals surface area contributed by atoms with Crippen LogP contribution < -0.4 is 5.32 Å². The van der Waals surface area contributed by atoms with Crippen LogP contribution >= 0.6 is 23.4 Å². The van der Waals surface area contributed by atoms with Gasteiger partial charge in [-0.15, -0.1) is 0 Å². The van der Waals surface area contributed by atoms with Gasteiger partial charge < -0.3 is 5.32 Å². The number of aromatic nitrogens is 1. The number of thioether (sulfide) groups is 1. The Balaban J connectivity index is 2.19. The predicted octanol–water partition coefficient (Wildman–Crippen LogP) is 3.67. The van der Waals surface area contributed by atoms with Crippen molar-refractivity contribution in [2.45, 2.75) is 18.6 Å². The van der Waals surface area contributed by atoms with Crippen LogP contribution in [0.15, 0.2) is 12.1 Å². The van der Waals surface area contributed by atoms with E-state index in [9.17, 15) is 13.2 Å². The molecule has 17 heavy (non-hydrogen) atoms. The zero-order valence-electron chi connectivity index (χ0n) is 8.72. The number of rotatable bonds is 2. The van der Waals surface area contributed by atoms with Crippen molar-refractivity contribution < 1.29 is 13.2 Å².